The zero-order valence-corrected chi connectivity index (χ0v) is 16.8. The van der Waals surface area contributed by atoms with Gasteiger partial charge < -0.3 is 14.4 Å². The predicted molar refractivity (Wildman–Crippen MR) is 118 cm³/mol. The average molecular weight is 408 g/mol. The molecule has 5 heteroatoms. The Hall–Kier alpha value is -3.86. The standard InChI is InChI=1S/C26H20N2O3/c29-26(25-19-8-2-5-11-22(19)31-23-12-6-3-9-20(23)25)28-15-18(16-28)30-24-14-13-17-7-1-4-10-21(17)27-24/h1-14,18,25H,15-16H2. The molecule has 0 unspecified atom stereocenters. The zero-order chi connectivity index (χ0) is 20.8. The molecule has 1 amide bonds. The molecule has 0 spiro atoms. The van der Waals surface area contributed by atoms with Crippen molar-refractivity contribution in [2.45, 2.75) is 12.0 Å². The molecule has 4 aromatic rings. The van der Waals surface area contributed by atoms with Gasteiger partial charge >= 0.3 is 0 Å². The number of pyridine rings is 1. The molecule has 0 N–H and O–H groups in total. The van der Waals surface area contributed by atoms with E-state index >= 15 is 0 Å². The van der Waals surface area contributed by atoms with Crippen LogP contribution >= 0.6 is 0 Å². The second-order valence-electron chi connectivity index (χ2n) is 7.94. The summed E-state index contributed by atoms with van der Waals surface area (Å²) >= 11 is 0. The SMILES string of the molecule is O=C(C1c2ccccc2Oc2ccccc21)N1CC(Oc2ccc3ccccc3n2)C1. The van der Waals surface area contributed by atoms with Gasteiger partial charge in [-0.05, 0) is 24.3 Å². The van der Waals surface area contributed by atoms with Crippen LogP contribution in [0.4, 0.5) is 0 Å². The molecule has 2 aliphatic heterocycles. The molecule has 152 valence electrons. The number of para-hydroxylation sites is 3. The van der Waals surface area contributed by atoms with Crippen molar-refractivity contribution >= 4 is 16.8 Å². The number of benzene rings is 3. The van der Waals surface area contributed by atoms with Crippen LogP contribution in [-0.4, -0.2) is 35.0 Å². The molecule has 3 heterocycles. The minimum Gasteiger partial charge on any atom is -0.471 e. The summed E-state index contributed by atoms with van der Waals surface area (Å²) in [6.45, 7) is 1.10. The number of fused-ring (bicyclic) bond motifs is 3. The Morgan fingerprint density at radius 2 is 1.48 bits per heavy atom. The van der Waals surface area contributed by atoms with Crippen LogP contribution in [0.5, 0.6) is 17.4 Å². The first-order valence-electron chi connectivity index (χ1n) is 10.4. The summed E-state index contributed by atoms with van der Waals surface area (Å²) in [6, 6.07) is 27.4. The number of rotatable bonds is 3. The molecular weight excluding hydrogens is 388 g/mol. The van der Waals surface area contributed by atoms with Gasteiger partial charge in [0.15, 0.2) is 0 Å². The quantitative estimate of drug-likeness (QED) is 0.490. The molecule has 0 radical (unpaired) electrons. The smallest absolute Gasteiger partial charge is 0.235 e. The highest BCUT2D eigenvalue weighted by atomic mass is 16.5. The third-order valence-electron chi connectivity index (χ3n) is 5.95. The maximum absolute atomic E-state index is 13.5. The molecule has 5 nitrogen and oxygen atoms in total. The lowest BCUT2D eigenvalue weighted by Crippen LogP contribution is -2.57. The van der Waals surface area contributed by atoms with E-state index in [4.69, 9.17) is 9.47 Å². The average Bonchev–Trinajstić information content (AvgIpc) is 2.79. The van der Waals surface area contributed by atoms with E-state index in [1.165, 1.54) is 0 Å². The lowest BCUT2D eigenvalue weighted by molar-refractivity contribution is -0.140. The molecule has 31 heavy (non-hydrogen) atoms. The first-order valence-corrected chi connectivity index (χ1v) is 10.4. The highest BCUT2D eigenvalue weighted by Gasteiger charge is 2.40. The topological polar surface area (TPSA) is 51.7 Å². The van der Waals surface area contributed by atoms with Gasteiger partial charge in [0.25, 0.3) is 0 Å². The van der Waals surface area contributed by atoms with Gasteiger partial charge in [0.05, 0.1) is 24.5 Å². The second kappa shape index (κ2) is 7.13. The monoisotopic (exact) mass is 408 g/mol. The highest BCUT2D eigenvalue weighted by Crippen LogP contribution is 2.45. The summed E-state index contributed by atoms with van der Waals surface area (Å²) in [7, 11) is 0. The van der Waals surface area contributed by atoms with Crippen LogP contribution in [0.3, 0.4) is 0 Å². The fourth-order valence-corrected chi connectivity index (χ4v) is 4.33. The molecule has 1 saturated heterocycles. The normalized spacial score (nSPS) is 15.5. The van der Waals surface area contributed by atoms with Crippen molar-refractivity contribution < 1.29 is 14.3 Å². The van der Waals surface area contributed by atoms with E-state index in [-0.39, 0.29) is 17.9 Å². The van der Waals surface area contributed by atoms with Crippen LogP contribution in [0.25, 0.3) is 10.9 Å². The Balaban J connectivity index is 1.20. The number of carbonyl (C=O) groups is 1. The lowest BCUT2D eigenvalue weighted by Gasteiger charge is -2.41. The van der Waals surface area contributed by atoms with Gasteiger partial charge in [0, 0.05) is 22.6 Å². The van der Waals surface area contributed by atoms with E-state index in [2.05, 4.69) is 4.98 Å². The van der Waals surface area contributed by atoms with Crippen molar-refractivity contribution in [1.82, 2.24) is 9.88 Å². The van der Waals surface area contributed by atoms with E-state index in [9.17, 15) is 4.79 Å². The maximum Gasteiger partial charge on any atom is 0.235 e. The van der Waals surface area contributed by atoms with Crippen molar-refractivity contribution in [2.75, 3.05) is 13.1 Å². The summed E-state index contributed by atoms with van der Waals surface area (Å²) in [5.41, 5.74) is 2.72. The molecule has 0 atom stereocenters. The van der Waals surface area contributed by atoms with Crippen LogP contribution in [0.1, 0.15) is 17.0 Å². The number of amides is 1. The summed E-state index contributed by atoms with van der Waals surface area (Å²) in [5, 5.41) is 1.08. The largest absolute Gasteiger partial charge is 0.471 e. The number of hydrogen-bond donors (Lipinski definition) is 0. The highest BCUT2D eigenvalue weighted by molar-refractivity contribution is 5.90. The molecular formula is C26H20N2O3. The van der Waals surface area contributed by atoms with Gasteiger partial charge in [-0.3, -0.25) is 4.79 Å². The van der Waals surface area contributed by atoms with Crippen LogP contribution < -0.4 is 9.47 Å². The summed E-state index contributed by atoms with van der Waals surface area (Å²) < 4.78 is 12.1. The fourth-order valence-electron chi connectivity index (χ4n) is 4.33. The molecule has 2 aliphatic rings. The number of ether oxygens (including phenoxy) is 2. The molecule has 0 aliphatic carbocycles. The zero-order valence-electron chi connectivity index (χ0n) is 16.8. The van der Waals surface area contributed by atoms with Gasteiger partial charge in [-0.2, -0.15) is 0 Å². The number of hydrogen-bond acceptors (Lipinski definition) is 4. The third-order valence-corrected chi connectivity index (χ3v) is 5.95. The van der Waals surface area contributed by atoms with Crippen molar-refractivity contribution in [3.63, 3.8) is 0 Å². The van der Waals surface area contributed by atoms with E-state index < -0.39 is 0 Å². The van der Waals surface area contributed by atoms with E-state index in [1.807, 2.05) is 89.8 Å². The van der Waals surface area contributed by atoms with Gasteiger partial charge in [-0.1, -0.05) is 54.6 Å². The number of carbonyl (C=O) groups excluding carboxylic acids is 1. The Kier molecular flexibility index (Phi) is 4.13. The molecule has 1 fully saturated rings. The van der Waals surface area contributed by atoms with Crippen LogP contribution in [0, 0.1) is 0 Å². The molecule has 0 bridgehead atoms. The molecule has 3 aromatic carbocycles. The second-order valence-corrected chi connectivity index (χ2v) is 7.94. The number of aromatic nitrogens is 1. The van der Waals surface area contributed by atoms with Gasteiger partial charge in [-0.25, -0.2) is 4.98 Å². The van der Waals surface area contributed by atoms with E-state index in [0.29, 0.717) is 19.0 Å². The minimum absolute atomic E-state index is 0.0528. The van der Waals surface area contributed by atoms with Crippen molar-refractivity contribution in [1.29, 1.82) is 0 Å². The third kappa shape index (κ3) is 3.10. The first kappa shape index (κ1) is 18.0. The Labute approximate surface area is 179 Å². The maximum atomic E-state index is 13.5. The van der Waals surface area contributed by atoms with E-state index in [1.54, 1.807) is 0 Å². The molecule has 0 saturated carbocycles. The summed E-state index contributed by atoms with van der Waals surface area (Å²) in [5.74, 6) is 1.80. The van der Waals surface area contributed by atoms with Crippen LogP contribution in [0.2, 0.25) is 0 Å². The minimum atomic E-state index is -0.360. The van der Waals surface area contributed by atoms with E-state index in [0.717, 1.165) is 33.5 Å². The van der Waals surface area contributed by atoms with Gasteiger partial charge in [0.1, 0.15) is 17.6 Å². The number of likely N-dealkylation sites (tertiary alicyclic amines) is 1. The Bertz CT molecular complexity index is 1250. The lowest BCUT2D eigenvalue weighted by atomic mass is 9.86. The Morgan fingerprint density at radius 3 is 2.23 bits per heavy atom. The molecule has 6 rings (SSSR count). The van der Waals surface area contributed by atoms with Crippen molar-refractivity contribution in [3.05, 3.63) is 96.1 Å². The van der Waals surface area contributed by atoms with Crippen LogP contribution in [-0.2, 0) is 4.79 Å². The van der Waals surface area contributed by atoms with Crippen molar-refractivity contribution in [3.8, 4) is 17.4 Å². The summed E-state index contributed by atoms with van der Waals surface area (Å²) in [4.78, 5) is 19.9. The van der Waals surface area contributed by atoms with Gasteiger partial charge in [-0.15, -0.1) is 0 Å². The predicted octanol–water partition coefficient (Wildman–Crippen LogP) is 4.76. The summed E-state index contributed by atoms with van der Waals surface area (Å²) in [6.07, 6.45) is -0.0528. The van der Waals surface area contributed by atoms with Crippen molar-refractivity contribution in [2.24, 2.45) is 0 Å². The van der Waals surface area contributed by atoms with Crippen LogP contribution in [0.15, 0.2) is 84.9 Å². The molecule has 1 aromatic heterocycles. The van der Waals surface area contributed by atoms with Gasteiger partial charge in [0.2, 0.25) is 11.8 Å². The Morgan fingerprint density at radius 1 is 0.839 bits per heavy atom. The fraction of sp³-hybridized carbons (Fsp3) is 0.154. The first-order chi connectivity index (χ1) is 15.3. The number of nitrogens with zero attached hydrogens (tertiary/aromatic N) is 2.